The lowest BCUT2D eigenvalue weighted by atomic mass is 10.2. The largest absolute Gasteiger partial charge is 0.497 e. The van der Waals surface area contributed by atoms with Crippen molar-refractivity contribution < 1.29 is 9.66 Å². The molecule has 3 rings (SSSR count). The minimum atomic E-state index is -0.400. The first-order valence-corrected chi connectivity index (χ1v) is 6.38. The molecular weight excluding hydrogens is 270 g/mol. The van der Waals surface area contributed by atoms with Crippen LogP contribution in [0, 0.1) is 17.0 Å². The number of hydrogen-bond donors (Lipinski definition) is 0. The molecule has 0 aliphatic carbocycles. The Kier molecular flexibility index (Phi) is 3.06. The summed E-state index contributed by atoms with van der Waals surface area (Å²) in [6.45, 7) is 1.82. The second-order valence-corrected chi connectivity index (χ2v) is 4.59. The summed E-state index contributed by atoms with van der Waals surface area (Å²) in [7, 11) is 1.53. The Bertz CT molecular complexity index is 839. The lowest BCUT2D eigenvalue weighted by molar-refractivity contribution is -0.384. The van der Waals surface area contributed by atoms with E-state index in [4.69, 9.17) is 4.74 Å². The van der Waals surface area contributed by atoms with Gasteiger partial charge in [-0.3, -0.25) is 14.7 Å². The summed E-state index contributed by atoms with van der Waals surface area (Å²) in [6, 6.07) is 12.2. The van der Waals surface area contributed by atoms with Gasteiger partial charge in [0, 0.05) is 12.1 Å². The quantitative estimate of drug-likeness (QED) is 0.546. The highest BCUT2D eigenvalue weighted by atomic mass is 16.6. The van der Waals surface area contributed by atoms with Gasteiger partial charge in [-0.15, -0.1) is 0 Å². The van der Waals surface area contributed by atoms with E-state index < -0.39 is 4.92 Å². The molecule has 0 aliphatic rings. The van der Waals surface area contributed by atoms with Crippen LogP contribution in [0.3, 0.4) is 0 Å². The first-order chi connectivity index (χ1) is 10.1. The van der Waals surface area contributed by atoms with E-state index in [9.17, 15) is 10.1 Å². The fourth-order valence-corrected chi connectivity index (χ4v) is 2.41. The van der Waals surface area contributed by atoms with Crippen LogP contribution in [0.1, 0.15) is 5.82 Å². The number of fused-ring (bicyclic) bond motifs is 1. The van der Waals surface area contributed by atoms with E-state index in [1.54, 1.807) is 16.7 Å². The molecule has 1 heterocycles. The second-order valence-electron chi connectivity index (χ2n) is 4.59. The van der Waals surface area contributed by atoms with Crippen molar-refractivity contribution in [3.8, 4) is 11.4 Å². The predicted octanol–water partition coefficient (Wildman–Crippen LogP) is 3.25. The Hall–Kier alpha value is -2.89. The maximum atomic E-state index is 11.3. The summed E-state index contributed by atoms with van der Waals surface area (Å²) in [5, 5.41) is 11.3. The van der Waals surface area contributed by atoms with Crippen molar-refractivity contribution in [2.24, 2.45) is 0 Å². The number of nitro groups is 1. The Morgan fingerprint density at radius 1 is 1.24 bits per heavy atom. The molecule has 106 valence electrons. The van der Waals surface area contributed by atoms with Crippen molar-refractivity contribution in [3.05, 3.63) is 58.4 Å². The Balaban J connectivity index is 2.36. The number of aryl methyl sites for hydroxylation is 1. The molecule has 6 heteroatoms. The number of rotatable bonds is 3. The van der Waals surface area contributed by atoms with Gasteiger partial charge in [0.2, 0.25) is 0 Å². The molecule has 0 bridgehead atoms. The van der Waals surface area contributed by atoms with Gasteiger partial charge in [-0.25, -0.2) is 4.98 Å². The third kappa shape index (κ3) is 2.10. The minimum Gasteiger partial charge on any atom is -0.497 e. The van der Waals surface area contributed by atoms with Crippen LogP contribution >= 0.6 is 0 Å². The highest BCUT2D eigenvalue weighted by molar-refractivity contribution is 5.79. The van der Waals surface area contributed by atoms with Gasteiger partial charge in [0.1, 0.15) is 17.3 Å². The fourth-order valence-electron chi connectivity index (χ4n) is 2.41. The van der Waals surface area contributed by atoms with E-state index in [0.717, 1.165) is 11.0 Å². The van der Waals surface area contributed by atoms with Crippen LogP contribution in [0.2, 0.25) is 0 Å². The molecule has 0 N–H and O–H groups in total. The Morgan fingerprint density at radius 3 is 2.71 bits per heavy atom. The number of imidazole rings is 1. The van der Waals surface area contributed by atoms with Gasteiger partial charge in [-0.1, -0.05) is 12.1 Å². The van der Waals surface area contributed by atoms with Crippen LogP contribution < -0.4 is 4.74 Å². The zero-order valence-electron chi connectivity index (χ0n) is 11.6. The Labute approximate surface area is 120 Å². The SMILES string of the molecule is COc1ccc([N+](=O)[O-])c(-n2c(C)nc3ccccc32)c1. The molecule has 0 fully saturated rings. The number of para-hydroxylation sites is 2. The molecule has 0 atom stereocenters. The number of nitrogens with zero attached hydrogens (tertiary/aromatic N) is 3. The molecule has 0 aliphatic heterocycles. The monoisotopic (exact) mass is 283 g/mol. The number of benzene rings is 2. The molecule has 0 radical (unpaired) electrons. The first kappa shape index (κ1) is 13.1. The van der Waals surface area contributed by atoms with Gasteiger partial charge in [-0.05, 0) is 25.1 Å². The van der Waals surface area contributed by atoms with Gasteiger partial charge in [0.25, 0.3) is 5.69 Å². The third-order valence-electron chi connectivity index (χ3n) is 3.35. The van der Waals surface area contributed by atoms with E-state index in [1.807, 2.05) is 31.2 Å². The summed E-state index contributed by atoms with van der Waals surface area (Å²) in [5.41, 5.74) is 2.09. The van der Waals surface area contributed by atoms with E-state index in [-0.39, 0.29) is 5.69 Å². The maximum Gasteiger partial charge on any atom is 0.293 e. The predicted molar refractivity (Wildman–Crippen MR) is 79.0 cm³/mol. The van der Waals surface area contributed by atoms with Crippen molar-refractivity contribution in [1.82, 2.24) is 9.55 Å². The number of aromatic nitrogens is 2. The van der Waals surface area contributed by atoms with Gasteiger partial charge < -0.3 is 4.74 Å². The smallest absolute Gasteiger partial charge is 0.293 e. The van der Waals surface area contributed by atoms with Crippen molar-refractivity contribution in [1.29, 1.82) is 0 Å². The molecule has 3 aromatic rings. The number of hydrogen-bond acceptors (Lipinski definition) is 4. The standard InChI is InChI=1S/C15H13N3O3/c1-10-16-12-5-3-4-6-13(12)17(10)15-9-11(21-2)7-8-14(15)18(19)20/h3-9H,1-2H3. The normalized spacial score (nSPS) is 10.8. The lowest BCUT2D eigenvalue weighted by Gasteiger charge is -2.09. The van der Waals surface area contributed by atoms with Crippen LogP contribution in [-0.4, -0.2) is 21.6 Å². The highest BCUT2D eigenvalue weighted by Crippen LogP contribution is 2.31. The topological polar surface area (TPSA) is 70.2 Å². The summed E-state index contributed by atoms with van der Waals surface area (Å²) < 4.78 is 6.96. The summed E-state index contributed by atoms with van der Waals surface area (Å²) in [4.78, 5) is 15.3. The molecule has 6 nitrogen and oxygen atoms in total. The molecule has 0 unspecified atom stereocenters. The van der Waals surface area contributed by atoms with E-state index in [1.165, 1.54) is 13.2 Å². The molecule has 0 saturated carbocycles. The van der Waals surface area contributed by atoms with Crippen molar-refractivity contribution in [2.45, 2.75) is 6.92 Å². The van der Waals surface area contributed by atoms with Crippen molar-refractivity contribution >= 4 is 16.7 Å². The average molecular weight is 283 g/mol. The van der Waals surface area contributed by atoms with E-state index >= 15 is 0 Å². The van der Waals surface area contributed by atoms with Crippen LogP contribution in [0.15, 0.2) is 42.5 Å². The van der Waals surface area contributed by atoms with Gasteiger partial charge >= 0.3 is 0 Å². The van der Waals surface area contributed by atoms with E-state index in [2.05, 4.69) is 4.98 Å². The minimum absolute atomic E-state index is 0.0158. The first-order valence-electron chi connectivity index (χ1n) is 6.38. The molecule has 1 aromatic heterocycles. The maximum absolute atomic E-state index is 11.3. The van der Waals surface area contributed by atoms with Gasteiger partial charge in [0.15, 0.2) is 0 Å². The summed E-state index contributed by atoms with van der Waals surface area (Å²) in [6.07, 6.45) is 0. The summed E-state index contributed by atoms with van der Waals surface area (Å²) in [5.74, 6) is 1.25. The van der Waals surface area contributed by atoms with Gasteiger partial charge in [-0.2, -0.15) is 0 Å². The zero-order valence-corrected chi connectivity index (χ0v) is 11.6. The molecule has 2 aromatic carbocycles. The molecule has 0 amide bonds. The highest BCUT2D eigenvalue weighted by Gasteiger charge is 2.20. The van der Waals surface area contributed by atoms with Crippen molar-refractivity contribution in [2.75, 3.05) is 7.11 Å². The molecule has 0 saturated heterocycles. The van der Waals surface area contributed by atoms with Crippen LogP contribution in [0.25, 0.3) is 16.7 Å². The van der Waals surface area contributed by atoms with Crippen LogP contribution in [0.5, 0.6) is 5.75 Å². The lowest BCUT2D eigenvalue weighted by Crippen LogP contribution is -2.02. The fraction of sp³-hybridized carbons (Fsp3) is 0.133. The number of nitro benzene ring substituents is 1. The second kappa shape index (κ2) is 4.90. The van der Waals surface area contributed by atoms with Crippen LogP contribution in [0.4, 0.5) is 5.69 Å². The Morgan fingerprint density at radius 2 is 2.00 bits per heavy atom. The summed E-state index contributed by atoms with van der Waals surface area (Å²) >= 11 is 0. The number of ether oxygens (including phenoxy) is 1. The third-order valence-corrected chi connectivity index (χ3v) is 3.35. The average Bonchev–Trinajstić information content (AvgIpc) is 2.82. The molecule has 21 heavy (non-hydrogen) atoms. The zero-order chi connectivity index (χ0) is 15.0. The van der Waals surface area contributed by atoms with Crippen molar-refractivity contribution in [3.63, 3.8) is 0 Å². The molecule has 0 spiro atoms. The van der Waals surface area contributed by atoms with Gasteiger partial charge in [0.05, 0.1) is 23.1 Å². The van der Waals surface area contributed by atoms with E-state index in [0.29, 0.717) is 17.3 Å². The molecular formula is C15H13N3O3. The van der Waals surface area contributed by atoms with Crippen LogP contribution in [-0.2, 0) is 0 Å². The number of methoxy groups -OCH3 is 1.